The molecule has 0 aliphatic heterocycles. The lowest BCUT2D eigenvalue weighted by Crippen LogP contribution is -2.32. The number of rotatable bonds is 9. The van der Waals surface area contributed by atoms with Gasteiger partial charge in [-0.25, -0.2) is 4.98 Å². The molecule has 0 saturated carbocycles. The zero-order valence-corrected chi connectivity index (χ0v) is 18.9. The summed E-state index contributed by atoms with van der Waals surface area (Å²) in [6.45, 7) is 2.96. The quantitative estimate of drug-likeness (QED) is 0.335. The lowest BCUT2D eigenvalue weighted by molar-refractivity contribution is -0.116. The van der Waals surface area contributed by atoms with Crippen LogP contribution >= 0.6 is 23.1 Å². The maximum atomic E-state index is 13.2. The van der Waals surface area contributed by atoms with Gasteiger partial charge in [-0.05, 0) is 36.2 Å². The van der Waals surface area contributed by atoms with Crippen LogP contribution in [0.1, 0.15) is 18.1 Å². The SMILES string of the molecule is CCOc1cccc2sc(N(Cc3cccnc3)C(=O)CSCc3ccccc3)nc12. The van der Waals surface area contributed by atoms with E-state index in [0.717, 1.165) is 27.3 Å². The molecule has 0 N–H and O–H groups in total. The molecule has 2 aromatic carbocycles. The Hall–Kier alpha value is -2.90. The number of nitrogens with zero attached hydrogens (tertiary/aromatic N) is 3. The van der Waals surface area contributed by atoms with Gasteiger partial charge in [0.15, 0.2) is 5.13 Å². The van der Waals surface area contributed by atoms with Crippen LogP contribution in [0.4, 0.5) is 5.13 Å². The third-order valence-corrected chi connectivity index (χ3v) is 6.64. The number of pyridine rings is 1. The number of ether oxygens (including phenoxy) is 1. The number of anilines is 1. The van der Waals surface area contributed by atoms with Crippen LogP contribution in [0.2, 0.25) is 0 Å². The molecule has 2 aromatic heterocycles. The third kappa shape index (κ3) is 5.42. The second-order valence-corrected chi connectivity index (χ2v) is 8.85. The number of carbonyl (C=O) groups excluding carboxylic acids is 1. The average molecular weight is 450 g/mol. The highest BCUT2D eigenvalue weighted by Crippen LogP contribution is 2.35. The Balaban J connectivity index is 1.57. The topological polar surface area (TPSA) is 55.3 Å². The number of aromatic nitrogens is 2. The number of fused-ring (bicyclic) bond motifs is 1. The number of benzene rings is 2. The Kier molecular flexibility index (Phi) is 7.17. The summed E-state index contributed by atoms with van der Waals surface area (Å²) in [4.78, 5) is 24.0. The van der Waals surface area contributed by atoms with Gasteiger partial charge in [0, 0.05) is 18.1 Å². The van der Waals surface area contributed by atoms with Crippen molar-refractivity contribution in [2.24, 2.45) is 0 Å². The molecule has 0 bridgehead atoms. The summed E-state index contributed by atoms with van der Waals surface area (Å²) in [5.41, 5.74) is 2.97. The first-order chi connectivity index (χ1) is 15.2. The van der Waals surface area contributed by atoms with E-state index >= 15 is 0 Å². The van der Waals surface area contributed by atoms with E-state index in [1.165, 1.54) is 16.9 Å². The second-order valence-electron chi connectivity index (χ2n) is 6.85. The molecule has 2 heterocycles. The summed E-state index contributed by atoms with van der Waals surface area (Å²) < 4.78 is 6.73. The van der Waals surface area contributed by atoms with Crippen molar-refractivity contribution in [3.63, 3.8) is 0 Å². The molecule has 7 heteroatoms. The predicted molar refractivity (Wildman–Crippen MR) is 129 cm³/mol. The third-order valence-electron chi connectivity index (χ3n) is 4.60. The largest absolute Gasteiger partial charge is 0.492 e. The molecule has 5 nitrogen and oxygen atoms in total. The summed E-state index contributed by atoms with van der Waals surface area (Å²) in [6.07, 6.45) is 3.52. The maximum Gasteiger partial charge on any atom is 0.239 e. The Morgan fingerprint density at radius 1 is 1.06 bits per heavy atom. The van der Waals surface area contributed by atoms with Crippen molar-refractivity contribution in [2.75, 3.05) is 17.3 Å². The molecule has 0 radical (unpaired) electrons. The lowest BCUT2D eigenvalue weighted by atomic mass is 10.2. The Bertz CT molecular complexity index is 1130. The molecule has 31 heavy (non-hydrogen) atoms. The van der Waals surface area contributed by atoms with Crippen LogP contribution in [0.25, 0.3) is 10.2 Å². The summed E-state index contributed by atoms with van der Waals surface area (Å²) in [7, 11) is 0. The molecule has 0 aliphatic carbocycles. The first-order valence-corrected chi connectivity index (χ1v) is 12.0. The molecule has 0 aliphatic rings. The van der Waals surface area contributed by atoms with Crippen molar-refractivity contribution in [3.8, 4) is 5.75 Å². The molecule has 1 amide bonds. The molecule has 158 valence electrons. The minimum atomic E-state index is 0.0294. The predicted octanol–water partition coefficient (Wildman–Crippen LogP) is 5.56. The van der Waals surface area contributed by atoms with Crippen LogP contribution in [0.5, 0.6) is 5.75 Å². The highest BCUT2D eigenvalue weighted by molar-refractivity contribution is 7.99. The van der Waals surface area contributed by atoms with Gasteiger partial charge in [-0.2, -0.15) is 0 Å². The Morgan fingerprint density at radius 2 is 1.90 bits per heavy atom. The number of para-hydroxylation sites is 1. The van der Waals surface area contributed by atoms with Gasteiger partial charge in [-0.3, -0.25) is 14.7 Å². The molecule has 4 aromatic rings. The fraction of sp³-hybridized carbons (Fsp3) is 0.208. The monoisotopic (exact) mass is 449 g/mol. The van der Waals surface area contributed by atoms with E-state index in [1.807, 2.05) is 55.5 Å². The van der Waals surface area contributed by atoms with E-state index in [1.54, 1.807) is 29.1 Å². The lowest BCUT2D eigenvalue weighted by Gasteiger charge is -2.19. The van der Waals surface area contributed by atoms with Crippen LogP contribution in [-0.2, 0) is 17.1 Å². The van der Waals surface area contributed by atoms with Crippen molar-refractivity contribution < 1.29 is 9.53 Å². The first kappa shape index (κ1) is 21.3. The van der Waals surface area contributed by atoms with Gasteiger partial charge < -0.3 is 4.74 Å². The van der Waals surface area contributed by atoms with E-state index in [2.05, 4.69) is 17.1 Å². The van der Waals surface area contributed by atoms with Crippen molar-refractivity contribution >= 4 is 44.4 Å². The Morgan fingerprint density at radius 3 is 2.68 bits per heavy atom. The number of thiazole rings is 1. The van der Waals surface area contributed by atoms with Crippen LogP contribution in [0.3, 0.4) is 0 Å². The van der Waals surface area contributed by atoms with Gasteiger partial charge in [-0.1, -0.05) is 53.8 Å². The fourth-order valence-electron chi connectivity index (χ4n) is 3.14. The molecule has 0 unspecified atom stereocenters. The van der Waals surface area contributed by atoms with Gasteiger partial charge in [0.1, 0.15) is 11.3 Å². The summed E-state index contributed by atoms with van der Waals surface area (Å²) >= 11 is 3.12. The number of hydrogen-bond donors (Lipinski definition) is 0. The van der Waals surface area contributed by atoms with Gasteiger partial charge in [0.05, 0.1) is 23.6 Å². The molecule has 0 saturated heterocycles. The maximum absolute atomic E-state index is 13.2. The van der Waals surface area contributed by atoms with Crippen molar-refractivity contribution in [1.29, 1.82) is 0 Å². The van der Waals surface area contributed by atoms with Gasteiger partial charge in [-0.15, -0.1) is 11.8 Å². The van der Waals surface area contributed by atoms with E-state index in [0.29, 0.717) is 24.0 Å². The zero-order valence-electron chi connectivity index (χ0n) is 17.2. The normalized spacial score (nSPS) is 10.9. The van der Waals surface area contributed by atoms with E-state index in [-0.39, 0.29) is 5.91 Å². The molecule has 0 spiro atoms. The molecule has 4 rings (SSSR count). The van der Waals surface area contributed by atoms with E-state index in [4.69, 9.17) is 9.72 Å². The van der Waals surface area contributed by atoms with Gasteiger partial charge in [0.2, 0.25) is 5.91 Å². The van der Waals surface area contributed by atoms with E-state index in [9.17, 15) is 4.79 Å². The molecule has 0 fully saturated rings. The Labute approximate surface area is 190 Å². The first-order valence-electron chi connectivity index (χ1n) is 10.1. The fourth-order valence-corrected chi connectivity index (χ4v) is 5.00. The average Bonchev–Trinajstić information content (AvgIpc) is 3.24. The summed E-state index contributed by atoms with van der Waals surface area (Å²) in [6, 6.07) is 19.9. The second kappa shape index (κ2) is 10.4. The molecule has 0 atom stereocenters. The highest BCUT2D eigenvalue weighted by atomic mass is 32.2. The minimum Gasteiger partial charge on any atom is -0.492 e. The number of carbonyl (C=O) groups is 1. The minimum absolute atomic E-state index is 0.0294. The number of amides is 1. The zero-order chi connectivity index (χ0) is 21.5. The van der Waals surface area contributed by atoms with Crippen LogP contribution in [0.15, 0.2) is 73.1 Å². The number of hydrogen-bond acceptors (Lipinski definition) is 6. The smallest absolute Gasteiger partial charge is 0.239 e. The van der Waals surface area contributed by atoms with E-state index < -0.39 is 0 Å². The van der Waals surface area contributed by atoms with Gasteiger partial charge in [0.25, 0.3) is 0 Å². The van der Waals surface area contributed by atoms with Gasteiger partial charge >= 0.3 is 0 Å². The molecular weight excluding hydrogens is 426 g/mol. The number of thioether (sulfide) groups is 1. The highest BCUT2D eigenvalue weighted by Gasteiger charge is 2.21. The standard InChI is InChI=1S/C24H23N3O2S2/c1-2-29-20-11-6-12-21-23(20)26-24(31-21)27(15-19-10-7-13-25-14-19)22(28)17-30-16-18-8-4-3-5-9-18/h3-14H,2,15-17H2,1H3. The van der Waals surface area contributed by atoms with Crippen molar-refractivity contribution in [1.82, 2.24) is 9.97 Å². The van der Waals surface area contributed by atoms with Crippen LogP contribution in [-0.4, -0.2) is 28.2 Å². The van der Waals surface area contributed by atoms with Crippen molar-refractivity contribution in [3.05, 3.63) is 84.2 Å². The summed E-state index contributed by atoms with van der Waals surface area (Å²) in [5, 5.41) is 0.677. The summed E-state index contributed by atoms with van der Waals surface area (Å²) in [5.74, 6) is 1.95. The molecular formula is C24H23N3O2S2. The van der Waals surface area contributed by atoms with Crippen molar-refractivity contribution in [2.45, 2.75) is 19.2 Å². The van der Waals surface area contributed by atoms with Crippen LogP contribution in [0, 0.1) is 0 Å². The van der Waals surface area contributed by atoms with Crippen LogP contribution < -0.4 is 9.64 Å².